The van der Waals surface area contributed by atoms with E-state index in [1.54, 1.807) is 0 Å². The molecular formula is C22H24N4OS. The molecule has 0 radical (unpaired) electrons. The fourth-order valence-electron chi connectivity index (χ4n) is 3.00. The van der Waals surface area contributed by atoms with Crippen molar-refractivity contribution < 1.29 is 4.79 Å². The first kappa shape index (κ1) is 19.9. The number of hydrogen-bond donors (Lipinski definition) is 1. The Balaban J connectivity index is 1.75. The first-order valence-corrected chi connectivity index (χ1v) is 10.1. The second-order valence-corrected chi connectivity index (χ2v) is 7.62. The number of amides is 1. The van der Waals surface area contributed by atoms with Crippen LogP contribution in [0.15, 0.2) is 60.3 Å². The molecule has 5 nitrogen and oxygen atoms in total. The van der Waals surface area contributed by atoms with Crippen LogP contribution in [0.1, 0.15) is 16.7 Å². The molecule has 0 aliphatic heterocycles. The van der Waals surface area contributed by atoms with E-state index in [-0.39, 0.29) is 11.7 Å². The number of allylic oxidation sites excluding steroid dienone is 1. The van der Waals surface area contributed by atoms with Gasteiger partial charge in [0.25, 0.3) is 0 Å². The summed E-state index contributed by atoms with van der Waals surface area (Å²) in [6, 6.07) is 14.1. The Morgan fingerprint density at radius 2 is 1.86 bits per heavy atom. The summed E-state index contributed by atoms with van der Waals surface area (Å²) in [4.78, 5) is 12.5. The molecular weight excluding hydrogens is 368 g/mol. The first-order chi connectivity index (χ1) is 13.5. The van der Waals surface area contributed by atoms with Crippen LogP contribution < -0.4 is 5.32 Å². The van der Waals surface area contributed by atoms with Gasteiger partial charge in [-0.05, 0) is 38.0 Å². The van der Waals surface area contributed by atoms with E-state index in [0.29, 0.717) is 11.7 Å². The highest BCUT2D eigenvalue weighted by molar-refractivity contribution is 7.99. The Hall–Kier alpha value is -2.86. The van der Waals surface area contributed by atoms with Crippen molar-refractivity contribution in [1.29, 1.82) is 0 Å². The lowest BCUT2D eigenvalue weighted by atomic mass is 10.1. The van der Waals surface area contributed by atoms with Gasteiger partial charge in [-0.25, -0.2) is 0 Å². The lowest BCUT2D eigenvalue weighted by Gasteiger charge is -2.11. The van der Waals surface area contributed by atoms with E-state index in [1.807, 2.05) is 67.8 Å². The first-order valence-electron chi connectivity index (χ1n) is 9.09. The summed E-state index contributed by atoms with van der Waals surface area (Å²) in [7, 11) is 0. The molecule has 0 unspecified atom stereocenters. The molecule has 1 aromatic heterocycles. The number of carbonyl (C=O) groups excluding carboxylic acids is 1. The van der Waals surface area contributed by atoms with E-state index in [2.05, 4.69) is 28.2 Å². The molecule has 1 heterocycles. The van der Waals surface area contributed by atoms with E-state index in [4.69, 9.17) is 0 Å². The number of thioether (sulfide) groups is 1. The average molecular weight is 393 g/mol. The number of aromatic nitrogens is 3. The van der Waals surface area contributed by atoms with Crippen molar-refractivity contribution in [3.05, 3.63) is 71.8 Å². The predicted molar refractivity (Wildman–Crippen MR) is 116 cm³/mol. The van der Waals surface area contributed by atoms with Gasteiger partial charge in [0.2, 0.25) is 5.91 Å². The van der Waals surface area contributed by atoms with Crippen molar-refractivity contribution in [1.82, 2.24) is 14.8 Å². The van der Waals surface area contributed by atoms with Crippen molar-refractivity contribution >= 4 is 23.4 Å². The van der Waals surface area contributed by atoms with Crippen molar-refractivity contribution in [2.45, 2.75) is 32.5 Å². The number of nitrogens with zero attached hydrogens (tertiary/aromatic N) is 3. The van der Waals surface area contributed by atoms with E-state index >= 15 is 0 Å². The maximum atomic E-state index is 12.5. The van der Waals surface area contributed by atoms with E-state index in [1.165, 1.54) is 11.8 Å². The van der Waals surface area contributed by atoms with Crippen LogP contribution in [0, 0.1) is 20.8 Å². The summed E-state index contributed by atoms with van der Waals surface area (Å²) in [5, 5.41) is 12.4. The molecule has 6 heteroatoms. The van der Waals surface area contributed by atoms with E-state index in [0.717, 1.165) is 33.8 Å². The van der Waals surface area contributed by atoms with Gasteiger partial charge in [0, 0.05) is 17.8 Å². The largest absolute Gasteiger partial charge is 0.325 e. The van der Waals surface area contributed by atoms with Crippen molar-refractivity contribution in [2.24, 2.45) is 0 Å². The monoisotopic (exact) mass is 392 g/mol. The van der Waals surface area contributed by atoms with Gasteiger partial charge >= 0.3 is 0 Å². The molecule has 0 bridgehead atoms. The van der Waals surface area contributed by atoms with Gasteiger partial charge in [0.15, 0.2) is 11.0 Å². The van der Waals surface area contributed by atoms with Crippen LogP contribution in [0.3, 0.4) is 0 Å². The Morgan fingerprint density at radius 3 is 2.54 bits per heavy atom. The van der Waals surface area contributed by atoms with Crippen LogP contribution in [0.25, 0.3) is 11.4 Å². The molecule has 2 aromatic carbocycles. The van der Waals surface area contributed by atoms with Crippen LogP contribution in [0.2, 0.25) is 0 Å². The van der Waals surface area contributed by atoms with Gasteiger partial charge in [-0.1, -0.05) is 59.8 Å². The fourth-order valence-corrected chi connectivity index (χ4v) is 3.75. The molecule has 3 rings (SSSR count). The maximum absolute atomic E-state index is 12.5. The number of rotatable bonds is 7. The zero-order valence-corrected chi connectivity index (χ0v) is 17.2. The number of para-hydroxylation sites is 1. The molecule has 0 saturated heterocycles. The Kier molecular flexibility index (Phi) is 6.31. The van der Waals surface area contributed by atoms with Gasteiger partial charge in [0.1, 0.15) is 0 Å². The number of carbonyl (C=O) groups is 1. The smallest absolute Gasteiger partial charge is 0.234 e. The molecule has 3 aromatic rings. The minimum absolute atomic E-state index is 0.0624. The normalized spacial score (nSPS) is 10.7. The highest BCUT2D eigenvalue weighted by Gasteiger charge is 2.15. The predicted octanol–water partition coefficient (Wildman–Crippen LogP) is 4.79. The summed E-state index contributed by atoms with van der Waals surface area (Å²) in [6.07, 6.45) is 1.81. The third-order valence-corrected chi connectivity index (χ3v) is 5.35. The third-order valence-electron chi connectivity index (χ3n) is 4.38. The summed E-state index contributed by atoms with van der Waals surface area (Å²) >= 11 is 1.38. The second-order valence-electron chi connectivity index (χ2n) is 6.68. The number of hydrogen-bond acceptors (Lipinski definition) is 4. The van der Waals surface area contributed by atoms with Gasteiger partial charge < -0.3 is 5.32 Å². The zero-order chi connectivity index (χ0) is 20.1. The van der Waals surface area contributed by atoms with Crippen LogP contribution in [0.5, 0.6) is 0 Å². The quantitative estimate of drug-likeness (QED) is 0.464. The molecule has 1 N–H and O–H groups in total. The minimum Gasteiger partial charge on any atom is -0.325 e. The van der Waals surface area contributed by atoms with Crippen molar-refractivity contribution in [3.8, 4) is 11.4 Å². The van der Waals surface area contributed by atoms with E-state index in [9.17, 15) is 4.79 Å². The third kappa shape index (κ3) is 4.51. The van der Waals surface area contributed by atoms with Gasteiger partial charge in [-0.2, -0.15) is 0 Å². The van der Waals surface area contributed by atoms with Gasteiger partial charge in [-0.15, -0.1) is 16.8 Å². The number of benzene rings is 2. The van der Waals surface area contributed by atoms with Crippen LogP contribution in [0.4, 0.5) is 5.69 Å². The standard InChI is InChI=1S/C22H24N4OS/c1-5-12-26-21(18-11-6-8-15(2)13-18)24-25-22(26)28-14-19(27)23-20-16(3)9-7-10-17(20)4/h5-11,13H,1,12,14H2,2-4H3,(H,23,27). The highest BCUT2D eigenvalue weighted by Crippen LogP contribution is 2.25. The Bertz CT molecular complexity index is 989. The number of anilines is 1. The summed E-state index contributed by atoms with van der Waals surface area (Å²) in [5.41, 5.74) is 5.14. The zero-order valence-electron chi connectivity index (χ0n) is 16.4. The number of aryl methyl sites for hydroxylation is 3. The molecule has 0 fully saturated rings. The second kappa shape index (κ2) is 8.89. The molecule has 0 aliphatic carbocycles. The van der Waals surface area contributed by atoms with Crippen LogP contribution in [-0.2, 0) is 11.3 Å². The Labute approximate surface area is 169 Å². The molecule has 0 saturated carbocycles. The fraction of sp³-hybridized carbons (Fsp3) is 0.227. The van der Waals surface area contributed by atoms with Gasteiger partial charge in [0.05, 0.1) is 5.75 Å². The van der Waals surface area contributed by atoms with Gasteiger partial charge in [-0.3, -0.25) is 9.36 Å². The molecule has 144 valence electrons. The van der Waals surface area contributed by atoms with Crippen LogP contribution in [-0.4, -0.2) is 26.4 Å². The summed E-state index contributed by atoms with van der Waals surface area (Å²) in [5.74, 6) is 0.977. The lowest BCUT2D eigenvalue weighted by Crippen LogP contribution is -2.16. The van der Waals surface area contributed by atoms with Crippen LogP contribution >= 0.6 is 11.8 Å². The van der Waals surface area contributed by atoms with Crippen molar-refractivity contribution in [2.75, 3.05) is 11.1 Å². The topological polar surface area (TPSA) is 59.8 Å². The molecule has 0 atom stereocenters. The molecule has 0 aliphatic rings. The number of nitrogens with one attached hydrogen (secondary N) is 1. The summed E-state index contributed by atoms with van der Waals surface area (Å²) in [6.45, 7) is 10.4. The maximum Gasteiger partial charge on any atom is 0.234 e. The average Bonchev–Trinajstić information content (AvgIpc) is 3.06. The SMILES string of the molecule is C=CCn1c(SCC(=O)Nc2c(C)cccc2C)nnc1-c1cccc(C)c1. The summed E-state index contributed by atoms with van der Waals surface area (Å²) < 4.78 is 1.98. The molecule has 0 spiro atoms. The Morgan fingerprint density at radius 1 is 1.14 bits per heavy atom. The van der Waals surface area contributed by atoms with E-state index < -0.39 is 0 Å². The minimum atomic E-state index is -0.0624. The lowest BCUT2D eigenvalue weighted by molar-refractivity contribution is -0.113. The molecule has 1 amide bonds. The van der Waals surface area contributed by atoms with Crippen molar-refractivity contribution in [3.63, 3.8) is 0 Å². The molecule has 28 heavy (non-hydrogen) atoms. The highest BCUT2D eigenvalue weighted by atomic mass is 32.2.